The van der Waals surface area contributed by atoms with Crippen molar-refractivity contribution in [2.75, 3.05) is 7.05 Å². The van der Waals surface area contributed by atoms with E-state index in [0.717, 1.165) is 6.42 Å². The number of nitrogens with zero attached hydrogens (tertiary/aromatic N) is 1. The molecule has 1 aromatic rings. The zero-order valence-electron chi connectivity index (χ0n) is 12.7. The van der Waals surface area contributed by atoms with Crippen molar-refractivity contribution in [1.82, 2.24) is 10.3 Å². The van der Waals surface area contributed by atoms with Crippen molar-refractivity contribution in [3.05, 3.63) is 30.1 Å². The van der Waals surface area contributed by atoms with Crippen LogP contribution < -0.4 is 5.32 Å². The molecule has 0 aliphatic rings. The summed E-state index contributed by atoms with van der Waals surface area (Å²) >= 11 is 0. The van der Waals surface area contributed by atoms with Gasteiger partial charge < -0.3 is 5.32 Å². The SMILES string of the molecule is CCCCCCCCC(CCc1ccccn1)NC. The second kappa shape index (κ2) is 11.0. The van der Waals surface area contributed by atoms with Gasteiger partial charge in [0.25, 0.3) is 0 Å². The average molecular weight is 262 g/mol. The van der Waals surface area contributed by atoms with E-state index in [9.17, 15) is 0 Å². The van der Waals surface area contributed by atoms with Crippen LogP contribution in [-0.4, -0.2) is 18.1 Å². The predicted octanol–water partition coefficient (Wildman–Crippen LogP) is 4.35. The Morgan fingerprint density at radius 2 is 1.84 bits per heavy atom. The Morgan fingerprint density at radius 3 is 2.53 bits per heavy atom. The lowest BCUT2D eigenvalue weighted by Crippen LogP contribution is -2.25. The number of aryl methyl sites for hydroxylation is 1. The summed E-state index contributed by atoms with van der Waals surface area (Å²) in [6.07, 6.45) is 13.8. The van der Waals surface area contributed by atoms with Gasteiger partial charge in [0, 0.05) is 17.9 Å². The molecule has 0 radical (unpaired) electrons. The van der Waals surface area contributed by atoms with Crippen molar-refractivity contribution < 1.29 is 0 Å². The van der Waals surface area contributed by atoms with Crippen LogP contribution in [0, 0.1) is 0 Å². The maximum Gasteiger partial charge on any atom is 0.0404 e. The molecule has 108 valence electrons. The van der Waals surface area contributed by atoms with E-state index >= 15 is 0 Å². The van der Waals surface area contributed by atoms with Crippen LogP contribution in [0.3, 0.4) is 0 Å². The van der Waals surface area contributed by atoms with E-state index in [2.05, 4.69) is 36.4 Å². The standard InChI is InChI=1S/C17H30N2/c1-3-4-5-6-7-8-11-16(18-2)13-14-17-12-9-10-15-19-17/h9-10,12,15-16,18H,3-8,11,13-14H2,1-2H3. The van der Waals surface area contributed by atoms with Crippen LogP contribution in [0.1, 0.15) is 64.0 Å². The molecule has 1 rings (SSSR count). The number of hydrogen-bond acceptors (Lipinski definition) is 2. The second-order valence-electron chi connectivity index (χ2n) is 5.40. The van der Waals surface area contributed by atoms with E-state index in [-0.39, 0.29) is 0 Å². The highest BCUT2D eigenvalue weighted by Gasteiger charge is 2.06. The molecular formula is C17H30N2. The summed E-state index contributed by atoms with van der Waals surface area (Å²) in [4.78, 5) is 4.39. The van der Waals surface area contributed by atoms with Crippen LogP contribution in [-0.2, 0) is 6.42 Å². The Kier molecular flexibility index (Phi) is 9.34. The normalized spacial score (nSPS) is 12.5. The Bertz CT molecular complexity index is 297. The number of aromatic nitrogens is 1. The van der Waals surface area contributed by atoms with Gasteiger partial charge in [-0.2, -0.15) is 0 Å². The fourth-order valence-electron chi connectivity index (χ4n) is 2.47. The number of pyridine rings is 1. The van der Waals surface area contributed by atoms with Crippen molar-refractivity contribution in [2.45, 2.75) is 70.8 Å². The van der Waals surface area contributed by atoms with Crippen molar-refractivity contribution in [2.24, 2.45) is 0 Å². The molecule has 2 heteroatoms. The first kappa shape index (κ1) is 16.2. The van der Waals surface area contributed by atoms with Crippen molar-refractivity contribution >= 4 is 0 Å². The van der Waals surface area contributed by atoms with Crippen LogP contribution in [0.15, 0.2) is 24.4 Å². The summed E-state index contributed by atoms with van der Waals surface area (Å²) < 4.78 is 0. The van der Waals surface area contributed by atoms with Gasteiger partial charge >= 0.3 is 0 Å². The maximum absolute atomic E-state index is 4.39. The minimum absolute atomic E-state index is 0.646. The van der Waals surface area contributed by atoms with Crippen LogP contribution in [0.2, 0.25) is 0 Å². The van der Waals surface area contributed by atoms with E-state index in [1.54, 1.807) is 0 Å². The zero-order valence-corrected chi connectivity index (χ0v) is 12.7. The molecule has 1 unspecified atom stereocenters. The molecule has 1 N–H and O–H groups in total. The largest absolute Gasteiger partial charge is 0.317 e. The Morgan fingerprint density at radius 1 is 1.05 bits per heavy atom. The van der Waals surface area contributed by atoms with Gasteiger partial charge in [-0.1, -0.05) is 51.5 Å². The molecule has 0 amide bonds. The minimum Gasteiger partial charge on any atom is -0.317 e. The van der Waals surface area contributed by atoms with Gasteiger partial charge in [-0.3, -0.25) is 4.98 Å². The van der Waals surface area contributed by atoms with Gasteiger partial charge in [-0.25, -0.2) is 0 Å². The summed E-state index contributed by atoms with van der Waals surface area (Å²) in [5.74, 6) is 0. The Hall–Kier alpha value is -0.890. The van der Waals surface area contributed by atoms with E-state index in [1.807, 2.05) is 12.3 Å². The fourth-order valence-corrected chi connectivity index (χ4v) is 2.47. The molecule has 0 bridgehead atoms. The minimum atomic E-state index is 0.646. The molecule has 0 aliphatic heterocycles. The average Bonchev–Trinajstić information content (AvgIpc) is 2.47. The van der Waals surface area contributed by atoms with Gasteiger partial charge in [-0.15, -0.1) is 0 Å². The van der Waals surface area contributed by atoms with E-state index in [1.165, 1.54) is 57.1 Å². The van der Waals surface area contributed by atoms with Gasteiger partial charge in [0.1, 0.15) is 0 Å². The lowest BCUT2D eigenvalue weighted by atomic mass is 10.0. The smallest absolute Gasteiger partial charge is 0.0404 e. The summed E-state index contributed by atoms with van der Waals surface area (Å²) in [5, 5.41) is 3.45. The highest BCUT2D eigenvalue weighted by atomic mass is 14.9. The molecule has 1 heterocycles. The van der Waals surface area contributed by atoms with Crippen molar-refractivity contribution in [3.8, 4) is 0 Å². The van der Waals surface area contributed by atoms with Crippen molar-refractivity contribution in [1.29, 1.82) is 0 Å². The van der Waals surface area contributed by atoms with Gasteiger partial charge in [0.05, 0.1) is 0 Å². The molecule has 0 fully saturated rings. The first-order valence-corrected chi connectivity index (χ1v) is 7.94. The number of nitrogens with one attached hydrogen (secondary N) is 1. The third kappa shape index (κ3) is 7.99. The van der Waals surface area contributed by atoms with Gasteiger partial charge in [-0.05, 0) is 38.4 Å². The topological polar surface area (TPSA) is 24.9 Å². The summed E-state index contributed by atoms with van der Waals surface area (Å²) in [5.41, 5.74) is 1.21. The van der Waals surface area contributed by atoms with Crippen molar-refractivity contribution in [3.63, 3.8) is 0 Å². The van der Waals surface area contributed by atoms with E-state index < -0.39 is 0 Å². The fraction of sp³-hybridized carbons (Fsp3) is 0.706. The summed E-state index contributed by atoms with van der Waals surface area (Å²) in [6, 6.07) is 6.82. The lowest BCUT2D eigenvalue weighted by Gasteiger charge is -2.15. The number of unbranched alkanes of at least 4 members (excludes halogenated alkanes) is 5. The van der Waals surface area contributed by atoms with Gasteiger partial charge in [0.15, 0.2) is 0 Å². The molecule has 0 aromatic carbocycles. The predicted molar refractivity (Wildman–Crippen MR) is 83.4 cm³/mol. The van der Waals surface area contributed by atoms with Crippen LogP contribution >= 0.6 is 0 Å². The highest BCUT2D eigenvalue weighted by molar-refractivity contribution is 5.03. The first-order valence-electron chi connectivity index (χ1n) is 7.94. The summed E-state index contributed by atoms with van der Waals surface area (Å²) in [7, 11) is 2.08. The summed E-state index contributed by atoms with van der Waals surface area (Å²) in [6.45, 7) is 2.27. The second-order valence-corrected chi connectivity index (χ2v) is 5.40. The third-order valence-electron chi connectivity index (χ3n) is 3.79. The molecular weight excluding hydrogens is 232 g/mol. The molecule has 1 aromatic heterocycles. The molecule has 0 spiro atoms. The number of rotatable bonds is 11. The number of hydrogen-bond donors (Lipinski definition) is 1. The van der Waals surface area contributed by atoms with Crippen LogP contribution in [0.5, 0.6) is 0 Å². The lowest BCUT2D eigenvalue weighted by molar-refractivity contribution is 0.456. The van der Waals surface area contributed by atoms with Gasteiger partial charge in [0.2, 0.25) is 0 Å². The molecule has 19 heavy (non-hydrogen) atoms. The molecule has 0 saturated heterocycles. The Labute approximate surface area is 119 Å². The molecule has 1 atom stereocenters. The highest BCUT2D eigenvalue weighted by Crippen LogP contribution is 2.11. The molecule has 2 nitrogen and oxygen atoms in total. The zero-order chi connectivity index (χ0) is 13.8. The Balaban J connectivity index is 2.09. The molecule has 0 saturated carbocycles. The van der Waals surface area contributed by atoms with E-state index in [0.29, 0.717) is 6.04 Å². The van der Waals surface area contributed by atoms with E-state index in [4.69, 9.17) is 0 Å². The molecule has 0 aliphatic carbocycles. The quantitative estimate of drug-likeness (QED) is 0.600. The monoisotopic (exact) mass is 262 g/mol. The maximum atomic E-state index is 4.39. The van der Waals surface area contributed by atoms with Crippen LogP contribution in [0.4, 0.5) is 0 Å². The van der Waals surface area contributed by atoms with Crippen LogP contribution in [0.25, 0.3) is 0 Å². The third-order valence-corrected chi connectivity index (χ3v) is 3.79. The first-order chi connectivity index (χ1) is 9.36.